The van der Waals surface area contributed by atoms with Gasteiger partial charge in [0.2, 0.25) is 0 Å². The Morgan fingerprint density at radius 1 is 0.879 bits per heavy atom. The van der Waals surface area contributed by atoms with Crippen LogP contribution in [0.15, 0.2) is 60.9 Å². The summed E-state index contributed by atoms with van der Waals surface area (Å²) in [7, 11) is 0. The number of aromatic nitrogens is 1. The van der Waals surface area contributed by atoms with Crippen LogP contribution in [0.3, 0.4) is 0 Å². The SMILES string of the molecule is Cl.O=C1c2cccc3c2[C@@H](CCC3)CN1[C@@H]1CN2CCC1CC2.c1ccc2cnccc2c1. The van der Waals surface area contributed by atoms with Gasteiger partial charge < -0.3 is 9.80 Å². The zero-order valence-electron chi connectivity index (χ0n) is 19.0. The van der Waals surface area contributed by atoms with Crippen molar-refractivity contribution in [2.45, 2.75) is 44.1 Å². The first kappa shape index (κ1) is 22.4. The summed E-state index contributed by atoms with van der Waals surface area (Å²) < 4.78 is 0. The summed E-state index contributed by atoms with van der Waals surface area (Å²) in [6.07, 6.45) is 9.95. The van der Waals surface area contributed by atoms with Crippen LogP contribution in [0.1, 0.15) is 53.1 Å². The summed E-state index contributed by atoms with van der Waals surface area (Å²) >= 11 is 0. The first-order valence-corrected chi connectivity index (χ1v) is 12.2. The summed E-state index contributed by atoms with van der Waals surface area (Å²) in [6, 6.07) is 17.1. The number of fused-ring (bicyclic) bond motifs is 4. The Kier molecular flexibility index (Phi) is 6.40. The Morgan fingerprint density at radius 3 is 2.45 bits per heavy atom. The van der Waals surface area contributed by atoms with Gasteiger partial charge in [-0.05, 0) is 85.1 Å². The summed E-state index contributed by atoms with van der Waals surface area (Å²) in [5, 5.41) is 2.45. The predicted molar refractivity (Wildman–Crippen MR) is 135 cm³/mol. The molecule has 3 saturated heterocycles. The van der Waals surface area contributed by atoms with Crippen LogP contribution in [-0.4, -0.2) is 52.9 Å². The molecular formula is C28H32ClN3O. The highest BCUT2D eigenvalue weighted by Crippen LogP contribution is 2.41. The van der Waals surface area contributed by atoms with Crippen molar-refractivity contribution in [3.8, 4) is 0 Å². The van der Waals surface area contributed by atoms with Crippen molar-refractivity contribution in [2.75, 3.05) is 26.2 Å². The highest BCUT2D eigenvalue weighted by molar-refractivity contribution is 5.98. The highest BCUT2D eigenvalue weighted by atomic mass is 35.5. The van der Waals surface area contributed by atoms with Crippen molar-refractivity contribution in [1.29, 1.82) is 0 Å². The van der Waals surface area contributed by atoms with Gasteiger partial charge in [-0.2, -0.15) is 0 Å². The number of aryl methyl sites for hydroxylation is 1. The van der Waals surface area contributed by atoms with Gasteiger partial charge in [-0.15, -0.1) is 12.4 Å². The smallest absolute Gasteiger partial charge is 0.254 e. The number of benzene rings is 2. The lowest BCUT2D eigenvalue weighted by Crippen LogP contribution is -2.60. The molecule has 0 radical (unpaired) electrons. The highest BCUT2D eigenvalue weighted by Gasteiger charge is 2.43. The number of halogens is 1. The molecule has 5 heteroatoms. The van der Waals surface area contributed by atoms with Crippen molar-refractivity contribution in [2.24, 2.45) is 5.92 Å². The molecule has 0 spiro atoms. The first-order chi connectivity index (χ1) is 15.8. The minimum Gasteiger partial charge on any atom is -0.333 e. The number of nitrogens with zero attached hydrogens (tertiary/aromatic N) is 3. The lowest BCUT2D eigenvalue weighted by Gasteiger charge is -2.51. The van der Waals surface area contributed by atoms with Crippen LogP contribution in [0.25, 0.3) is 10.8 Å². The fourth-order valence-corrected chi connectivity index (χ4v) is 6.44. The van der Waals surface area contributed by atoms with Crippen LogP contribution in [-0.2, 0) is 6.42 Å². The third kappa shape index (κ3) is 4.15. The molecule has 172 valence electrons. The fraction of sp³-hybridized carbons (Fsp3) is 0.429. The molecule has 4 nitrogen and oxygen atoms in total. The van der Waals surface area contributed by atoms with Crippen molar-refractivity contribution in [3.05, 3.63) is 77.6 Å². The van der Waals surface area contributed by atoms with E-state index in [1.807, 2.05) is 30.6 Å². The van der Waals surface area contributed by atoms with E-state index in [-0.39, 0.29) is 12.4 Å². The summed E-state index contributed by atoms with van der Waals surface area (Å²) in [5.74, 6) is 1.64. The summed E-state index contributed by atoms with van der Waals surface area (Å²) in [6.45, 7) is 4.57. The molecule has 5 aliphatic rings. The quantitative estimate of drug-likeness (QED) is 0.492. The molecule has 0 saturated carbocycles. The second-order valence-corrected chi connectivity index (χ2v) is 9.85. The zero-order valence-corrected chi connectivity index (χ0v) is 19.8. The second kappa shape index (κ2) is 9.44. The maximum absolute atomic E-state index is 13.1. The second-order valence-electron chi connectivity index (χ2n) is 9.85. The van der Waals surface area contributed by atoms with Crippen LogP contribution >= 0.6 is 12.4 Å². The van der Waals surface area contributed by atoms with E-state index in [0.29, 0.717) is 17.9 Å². The monoisotopic (exact) mass is 461 g/mol. The van der Waals surface area contributed by atoms with Crippen LogP contribution in [0.4, 0.5) is 0 Å². The van der Waals surface area contributed by atoms with Gasteiger partial charge in [0.1, 0.15) is 0 Å². The number of pyridine rings is 1. The third-order valence-electron chi connectivity index (χ3n) is 8.08. The topological polar surface area (TPSA) is 36.4 Å². The van der Waals surface area contributed by atoms with E-state index in [4.69, 9.17) is 0 Å². The molecule has 2 atom stereocenters. The number of rotatable bonds is 1. The Bertz CT molecular complexity index is 1080. The maximum atomic E-state index is 13.1. The van der Waals surface area contributed by atoms with Crippen molar-refractivity contribution < 1.29 is 4.79 Å². The summed E-state index contributed by atoms with van der Waals surface area (Å²) in [4.78, 5) is 22.0. The number of carbonyl (C=O) groups is 1. The molecule has 2 aromatic carbocycles. The lowest BCUT2D eigenvalue weighted by atomic mass is 9.75. The summed E-state index contributed by atoms with van der Waals surface area (Å²) in [5.41, 5.74) is 3.86. The van der Waals surface area contributed by atoms with Gasteiger partial charge in [-0.3, -0.25) is 9.78 Å². The molecule has 4 aliphatic heterocycles. The standard InChI is InChI=1S/C19H24N2O.C9H7N.ClH/c22-19-16-6-2-4-14-3-1-5-15(18(14)16)11-21(19)17-12-20-9-7-13(17)8-10-20;1-2-4-9-7-10-6-5-8(9)3-1;/h2,4,6,13,15,17H,1,3,5,7-12H2;1-7H;1H/t15-,17+;;/m0../s1. The Hall–Kier alpha value is -2.43. The van der Waals surface area contributed by atoms with Gasteiger partial charge in [0.05, 0.1) is 0 Å². The molecule has 2 bridgehead atoms. The average molecular weight is 462 g/mol. The van der Waals surface area contributed by atoms with E-state index < -0.39 is 0 Å². The number of carbonyl (C=O) groups excluding carboxylic acids is 1. The number of hydrogen-bond acceptors (Lipinski definition) is 3. The minimum absolute atomic E-state index is 0. The van der Waals surface area contributed by atoms with Crippen LogP contribution < -0.4 is 0 Å². The molecular weight excluding hydrogens is 430 g/mol. The minimum atomic E-state index is 0. The number of hydrogen-bond donors (Lipinski definition) is 0. The molecule has 1 aromatic heterocycles. The molecule has 5 heterocycles. The molecule has 1 aliphatic carbocycles. The molecule has 0 unspecified atom stereocenters. The molecule has 1 amide bonds. The molecule has 0 N–H and O–H groups in total. The number of piperidine rings is 3. The van der Waals surface area contributed by atoms with Crippen molar-refractivity contribution in [1.82, 2.24) is 14.8 Å². The van der Waals surface area contributed by atoms with Gasteiger partial charge >= 0.3 is 0 Å². The van der Waals surface area contributed by atoms with Gasteiger partial charge in [0.15, 0.2) is 0 Å². The van der Waals surface area contributed by atoms with Crippen LogP contribution in [0.2, 0.25) is 0 Å². The Balaban J connectivity index is 0.000000175. The van der Waals surface area contributed by atoms with Crippen molar-refractivity contribution in [3.63, 3.8) is 0 Å². The van der Waals surface area contributed by atoms with Crippen LogP contribution in [0.5, 0.6) is 0 Å². The average Bonchev–Trinajstić information content (AvgIpc) is 2.87. The van der Waals surface area contributed by atoms with E-state index in [0.717, 1.165) is 31.0 Å². The largest absolute Gasteiger partial charge is 0.333 e. The Labute approximate surface area is 202 Å². The normalized spacial score (nSPS) is 27.3. The lowest BCUT2D eigenvalue weighted by molar-refractivity contribution is 0.00258. The van der Waals surface area contributed by atoms with E-state index in [9.17, 15) is 4.79 Å². The first-order valence-electron chi connectivity index (χ1n) is 12.2. The van der Waals surface area contributed by atoms with Crippen molar-refractivity contribution >= 4 is 29.1 Å². The van der Waals surface area contributed by atoms with E-state index in [2.05, 4.69) is 45.1 Å². The molecule has 8 rings (SSSR count). The number of amides is 1. The van der Waals surface area contributed by atoms with Gasteiger partial charge in [0.25, 0.3) is 5.91 Å². The van der Waals surface area contributed by atoms with E-state index in [1.54, 1.807) is 0 Å². The van der Waals surface area contributed by atoms with E-state index in [1.165, 1.54) is 60.7 Å². The maximum Gasteiger partial charge on any atom is 0.254 e. The van der Waals surface area contributed by atoms with Gasteiger partial charge in [-0.1, -0.05) is 36.4 Å². The fourth-order valence-electron chi connectivity index (χ4n) is 6.44. The Morgan fingerprint density at radius 2 is 1.70 bits per heavy atom. The predicted octanol–water partition coefficient (Wildman–Crippen LogP) is 5.31. The third-order valence-corrected chi connectivity index (χ3v) is 8.08. The zero-order chi connectivity index (χ0) is 21.5. The molecule has 3 fully saturated rings. The molecule has 33 heavy (non-hydrogen) atoms. The van der Waals surface area contributed by atoms with Crippen LogP contribution in [0, 0.1) is 5.92 Å². The molecule has 3 aromatic rings. The van der Waals surface area contributed by atoms with Gasteiger partial charge in [-0.25, -0.2) is 0 Å². The van der Waals surface area contributed by atoms with Gasteiger partial charge in [0, 0.05) is 43.0 Å². The van der Waals surface area contributed by atoms with E-state index >= 15 is 0 Å².